The molecule has 9 heteroatoms. The quantitative estimate of drug-likeness (QED) is 0.0913. The Balaban J connectivity index is 1.33. The van der Waals surface area contributed by atoms with Gasteiger partial charge in [-0.25, -0.2) is 4.79 Å². The molecule has 1 fully saturated rings. The molecule has 0 spiro atoms. The van der Waals surface area contributed by atoms with Crippen LogP contribution in [-0.4, -0.2) is 29.7 Å². The molecule has 1 aromatic heterocycles. The van der Waals surface area contributed by atoms with Gasteiger partial charge in [0.1, 0.15) is 6.61 Å². The van der Waals surface area contributed by atoms with Gasteiger partial charge in [0.15, 0.2) is 12.5 Å². The molecule has 1 aliphatic heterocycles. The minimum absolute atomic E-state index is 0.0198. The average molecular weight is 599 g/mol. The molecule has 2 heterocycles. The molecule has 1 amide bonds. The number of benzene rings is 3. The Labute approximate surface area is 255 Å². The lowest BCUT2D eigenvalue weighted by atomic mass is 9.98. The van der Waals surface area contributed by atoms with Crippen LogP contribution < -0.4 is 10.0 Å². The summed E-state index contributed by atoms with van der Waals surface area (Å²) in [4.78, 5) is 11.9. The molecule has 3 aromatic carbocycles. The average Bonchev–Trinajstić information content (AvgIpc) is 3.06. The number of thioether (sulfide) groups is 1. The van der Waals surface area contributed by atoms with Crippen LogP contribution in [-0.2, 0) is 27.4 Å². The van der Waals surface area contributed by atoms with Crippen molar-refractivity contribution in [2.24, 2.45) is 0 Å². The molecule has 0 aliphatic carbocycles. The van der Waals surface area contributed by atoms with E-state index in [4.69, 9.17) is 14.2 Å². The van der Waals surface area contributed by atoms with E-state index in [2.05, 4.69) is 11.9 Å². The van der Waals surface area contributed by atoms with Gasteiger partial charge in [-0.05, 0) is 33.9 Å². The first-order chi connectivity index (χ1) is 21.0. The third-order valence-corrected chi connectivity index (χ3v) is 8.24. The highest BCUT2D eigenvalue weighted by atomic mass is 32.2. The molecule has 0 saturated carbocycles. The first-order valence-electron chi connectivity index (χ1n) is 14.1. The number of carbonyl (C=O) groups is 1. The van der Waals surface area contributed by atoms with Gasteiger partial charge in [0.05, 0.1) is 18.8 Å². The number of hydrogen-bond donors (Lipinski definition) is 2. The summed E-state index contributed by atoms with van der Waals surface area (Å²) in [6, 6.07) is 29.0. The molecular weight excluding hydrogens is 564 g/mol. The molecule has 4 aromatic rings. The largest absolute Gasteiger partial charge is 0.618 e. The summed E-state index contributed by atoms with van der Waals surface area (Å²) in [7, 11) is 0. The van der Waals surface area contributed by atoms with Gasteiger partial charge in [0.25, 0.3) is 5.03 Å². The molecular formula is C34H34N2O6S. The monoisotopic (exact) mass is 598 g/mol. The van der Waals surface area contributed by atoms with Crippen molar-refractivity contribution >= 4 is 17.9 Å². The van der Waals surface area contributed by atoms with Crippen molar-refractivity contribution < 1.29 is 28.8 Å². The number of pyridine rings is 1. The van der Waals surface area contributed by atoms with Gasteiger partial charge in [0.2, 0.25) is 0 Å². The Morgan fingerprint density at radius 1 is 1.02 bits per heavy atom. The third-order valence-electron chi connectivity index (χ3n) is 7.09. The summed E-state index contributed by atoms with van der Waals surface area (Å²) in [5.74, 6) is 0.588. The number of nitrogens with one attached hydrogen (secondary N) is 1. The normalized spacial score (nSPS) is 18.1. The zero-order valence-electron chi connectivity index (χ0n) is 23.6. The van der Waals surface area contributed by atoms with Gasteiger partial charge in [0, 0.05) is 36.4 Å². The predicted octanol–water partition coefficient (Wildman–Crippen LogP) is 6.23. The molecule has 0 unspecified atom stereocenters. The predicted molar refractivity (Wildman–Crippen MR) is 165 cm³/mol. The van der Waals surface area contributed by atoms with Gasteiger partial charge in [-0.15, -0.1) is 0 Å². The van der Waals surface area contributed by atoms with Gasteiger partial charge in [-0.3, -0.25) is 0 Å². The van der Waals surface area contributed by atoms with Crippen molar-refractivity contribution in [2.75, 3.05) is 12.4 Å². The van der Waals surface area contributed by atoms with E-state index in [1.54, 1.807) is 12.1 Å². The summed E-state index contributed by atoms with van der Waals surface area (Å²) in [5.41, 5.74) is 5.65. The second kappa shape index (κ2) is 14.8. The second-order valence-corrected chi connectivity index (χ2v) is 11.1. The Bertz CT molecular complexity index is 1510. The first-order valence-corrected chi connectivity index (χ1v) is 15.0. The lowest BCUT2D eigenvalue weighted by molar-refractivity contribution is -0.645. The van der Waals surface area contributed by atoms with Crippen LogP contribution in [0.3, 0.4) is 0 Å². The maximum absolute atomic E-state index is 12.2. The van der Waals surface area contributed by atoms with Crippen LogP contribution in [0.1, 0.15) is 41.1 Å². The van der Waals surface area contributed by atoms with Crippen molar-refractivity contribution in [3.63, 3.8) is 0 Å². The number of alkyl carbamates (subject to hydrolysis) is 1. The number of aliphatic hydroxyl groups excluding tert-OH is 1. The minimum atomic E-state index is -0.609. The van der Waals surface area contributed by atoms with E-state index in [1.165, 1.54) is 24.0 Å². The topological polar surface area (TPSA) is 104 Å². The number of rotatable bonds is 11. The number of aromatic nitrogens is 1. The molecule has 43 heavy (non-hydrogen) atoms. The fraction of sp³-hybridized carbons (Fsp3) is 0.235. The SMILES string of the molecule is C=CCOC(=O)NCc1ccccc1-c1ccc([C@@H]2O[C@H](CSc3cccc[n+]3[O-])C[C@H](c3ccc(CO)cc3)O2)cc1. The van der Waals surface area contributed by atoms with E-state index in [1.807, 2.05) is 78.9 Å². The Kier molecular flexibility index (Phi) is 10.5. The lowest BCUT2D eigenvalue weighted by Gasteiger charge is -2.36. The van der Waals surface area contributed by atoms with Gasteiger partial charge >= 0.3 is 6.09 Å². The Morgan fingerprint density at radius 2 is 1.77 bits per heavy atom. The highest BCUT2D eigenvalue weighted by Crippen LogP contribution is 2.39. The Hall–Kier alpha value is -4.15. The number of nitrogens with zero attached hydrogens (tertiary/aromatic N) is 1. The number of amides is 1. The second-order valence-electron chi connectivity index (χ2n) is 10.0. The van der Waals surface area contributed by atoms with E-state index in [0.29, 0.717) is 23.7 Å². The summed E-state index contributed by atoms with van der Waals surface area (Å²) in [6.45, 7) is 4.01. The fourth-order valence-corrected chi connectivity index (χ4v) is 5.79. The standard InChI is InChI=1S/C34H34N2O6S/c1-2-19-40-34(38)35-21-28-7-3-4-8-30(28)25-14-16-27(17-15-25)33-41-29(23-43-32-9-5-6-18-36(32)39)20-31(42-33)26-12-10-24(22-37)11-13-26/h2-18,29,31,33,37H,1,19-23H2,(H,35,38)/t29-,31+,33+/m0/s1. The smallest absolute Gasteiger partial charge is 0.407 e. The molecule has 1 saturated heterocycles. The van der Waals surface area contributed by atoms with Crippen LogP contribution >= 0.6 is 11.8 Å². The Morgan fingerprint density at radius 3 is 2.51 bits per heavy atom. The molecule has 0 radical (unpaired) electrons. The number of ether oxygens (including phenoxy) is 3. The molecule has 5 rings (SSSR count). The van der Waals surface area contributed by atoms with Crippen molar-refractivity contribution in [1.29, 1.82) is 0 Å². The number of hydrogen-bond acceptors (Lipinski definition) is 7. The van der Waals surface area contributed by atoms with Crippen LogP contribution in [0.25, 0.3) is 11.1 Å². The first kappa shape index (κ1) is 30.3. The lowest BCUT2D eigenvalue weighted by Crippen LogP contribution is -2.32. The summed E-state index contributed by atoms with van der Waals surface area (Å²) in [5, 5.41) is 25.1. The molecule has 3 atom stereocenters. The maximum Gasteiger partial charge on any atom is 0.407 e. The van der Waals surface area contributed by atoms with Crippen LogP contribution in [0.5, 0.6) is 0 Å². The zero-order valence-corrected chi connectivity index (χ0v) is 24.5. The highest BCUT2D eigenvalue weighted by Gasteiger charge is 2.32. The highest BCUT2D eigenvalue weighted by molar-refractivity contribution is 7.99. The summed E-state index contributed by atoms with van der Waals surface area (Å²) in [6.07, 6.45) is 2.14. The summed E-state index contributed by atoms with van der Waals surface area (Å²) >= 11 is 1.46. The van der Waals surface area contributed by atoms with E-state index in [0.717, 1.165) is 38.1 Å². The van der Waals surface area contributed by atoms with E-state index in [9.17, 15) is 15.1 Å². The van der Waals surface area contributed by atoms with Gasteiger partial charge in [-0.1, -0.05) is 97.2 Å². The molecule has 222 valence electrons. The van der Waals surface area contributed by atoms with Crippen molar-refractivity contribution in [1.82, 2.24) is 5.32 Å². The molecule has 8 nitrogen and oxygen atoms in total. The van der Waals surface area contributed by atoms with E-state index >= 15 is 0 Å². The zero-order chi connectivity index (χ0) is 30.0. The molecule has 0 bridgehead atoms. The molecule has 2 N–H and O–H groups in total. The van der Waals surface area contributed by atoms with Gasteiger partial charge < -0.3 is 29.8 Å². The summed E-state index contributed by atoms with van der Waals surface area (Å²) < 4.78 is 18.8. The van der Waals surface area contributed by atoms with Crippen molar-refractivity contribution in [3.05, 3.63) is 137 Å². The van der Waals surface area contributed by atoms with Crippen LogP contribution in [0, 0.1) is 5.21 Å². The van der Waals surface area contributed by atoms with Crippen LogP contribution in [0.4, 0.5) is 4.79 Å². The van der Waals surface area contributed by atoms with Crippen molar-refractivity contribution in [2.45, 2.75) is 43.1 Å². The minimum Gasteiger partial charge on any atom is -0.618 e. The third kappa shape index (κ3) is 8.03. The van der Waals surface area contributed by atoms with Crippen LogP contribution in [0.15, 0.2) is 115 Å². The van der Waals surface area contributed by atoms with Crippen LogP contribution in [0.2, 0.25) is 0 Å². The maximum atomic E-state index is 12.2. The van der Waals surface area contributed by atoms with Gasteiger partial charge in [-0.2, -0.15) is 4.73 Å². The molecule has 1 aliphatic rings. The van der Waals surface area contributed by atoms with Crippen molar-refractivity contribution in [3.8, 4) is 11.1 Å². The van der Waals surface area contributed by atoms with E-state index < -0.39 is 12.4 Å². The number of carbonyl (C=O) groups excluding carboxylic acids is 1. The number of aliphatic hydroxyl groups is 1. The van der Waals surface area contributed by atoms with E-state index in [-0.39, 0.29) is 25.4 Å². The fourth-order valence-electron chi connectivity index (χ4n) is 4.85.